The van der Waals surface area contributed by atoms with E-state index >= 15 is 0 Å². The molecule has 2 aromatic rings. The fraction of sp³-hybridized carbons (Fsp3) is 0.235. The van der Waals surface area contributed by atoms with E-state index in [2.05, 4.69) is 17.4 Å². The summed E-state index contributed by atoms with van der Waals surface area (Å²) < 4.78 is 10.5. The highest BCUT2D eigenvalue weighted by molar-refractivity contribution is 7.99. The standard InChI is InChI=1S/C17H17NO3S/c19-17(7-4-10-22-14-5-2-1-3-6-14)18-13-8-9-15-16(11-13)21-12-20-15/h1-3,5-6,8-9,11H,4,7,10,12H2,(H,18,19). The first-order chi connectivity index (χ1) is 10.8. The van der Waals surface area contributed by atoms with Gasteiger partial charge in [-0.1, -0.05) is 18.2 Å². The molecule has 114 valence electrons. The summed E-state index contributed by atoms with van der Waals surface area (Å²) in [5.41, 5.74) is 0.741. The normalized spacial score (nSPS) is 12.2. The van der Waals surface area contributed by atoms with Crippen molar-refractivity contribution >= 4 is 23.4 Å². The van der Waals surface area contributed by atoms with Crippen molar-refractivity contribution in [2.75, 3.05) is 17.9 Å². The Labute approximate surface area is 133 Å². The Morgan fingerprint density at radius 3 is 2.77 bits per heavy atom. The van der Waals surface area contributed by atoms with Gasteiger partial charge in [-0.2, -0.15) is 0 Å². The van der Waals surface area contributed by atoms with Crippen LogP contribution < -0.4 is 14.8 Å². The summed E-state index contributed by atoms with van der Waals surface area (Å²) >= 11 is 1.77. The zero-order chi connectivity index (χ0) is 15.2. The van der Waals surface area contributed by atoms with E-state index in [1.54, 1.807) is 17.8 Å². The predicted molar refractivity (Wildman–Crippen MR) is 87.6 cm³/mol. The maximum absolute atomic E-state index is 11.9. The SMILES string of the molecule is O=C(CCCSc1ccccc1)Nc1ccc2c(c1)OCO2. The topological polar surface area (TPSA) is 47.6 Å². The summed E-state index contributed by atoms with van der Waals surface area (Å²) in [7, 11) is 0. The van der Waals surface area contributed by atoms with Crippen molar-refractivity contribution in [3.05, 3.63) is 48.5 Å². The van der Waals surface area contributed by atoms with E-state index in [1.165, 1.54) is 4.90 Å². The van der Waals surface area contributed by atoms with Crippen LogP contribution in [0.2, 0.25) is 0 Å². The van der Waals surface area contributed by atoms with Crippen LogP contribution in [0, 0.1) is 0 Å². The molecule has 0 aromatic heterocycles. The molecule has 0 aliphatic carbocycles. The van der Waals surface area contributed by atoms with Crippen molar-refractivity contribution in [3.8, 4) is 11.5 Å². The van der Waals surface area contributed by atoms with Crippen LogP contribution in [-0.2, 0) is 4.79 Å². The quantitative estimate of drug-likeness (QED) is 0.648. The summed E-state index contributed by atoms with van der Waals surface area (Å²) in [5.74, 6) is 2.35. The van der Waals surface area contributed by atoms with Gasteiger partial charge in [-0.05, 0) is 36.4 Å². The molecule has 0 bridgehead atoms. The van der Waals surface area contributed by atoms with Crippen LogP contribution in [0.1, 0.15) is 12.8 Å². The summed E-state index contributed by atoms with van der Waals surface area (Å²) in [4.78, 5) is 13.2. The fourth-order valence-electron chi connectivity index (χ4n) is 2.14. The predicted octanol–water partition coefficient (Wildman–Crippen LogP) is 3.93. The minimum Gasteiger partial charge on any atom is -0.454 e. The summed E-state index contributed by atoms with van der Waals surface area (Å²) in [6.45, 7) is 0.240. The van der Waals surface area contributed by atoms with Crippen molar-refractivity contribution in [1.82, 2.24) is 0 Å². The van der Waals surface area contributed by atoms with E-state index in [9.17, 15) is 4.79 Å². The van der Waals surface area contributed by atoms with Gasteiger partial charge in [-0.25, -0.2) is 0 Å². The second kappa shape index (κ2) is 7.22. The number of carbonyl (C=O) groups excluding carboxylic acids is 1. The third kappa shape index (κ3) is 3.95. The zero-order valence-corrected chi connectivity index (χ0v) is 12.9. The number of nitrogens with one attached hydrogen (secondary N) is 1. The average Bonchev–Trinajstić information content (AvgIpc) is 3.00. The minimum atomic E-state index is 0.0209. The summed E-state index contributed by atoms with van der Waals surface area (Å²) in [6.07, 6.45) is 1.35. The Kier molecular flexibility index (Phi) is 4.85. The molecule has 0 atom stereocenters. The number of ether oxygens (including phenoxy) is 2. The summed E-state index contributed by atoms with van der Waals surface area (Å²) in [6, 6.07) is 15.6. The molecule has 5 heteroatoms. The number of hydrogen-bond donors (Lipinski definition) is 1. The van der Waals surface area contributed by atoms with Gasteiger partial charge in [0.15, 0.2) is 11.5 Å². The lowest BCUT2D eigenvalue weighted by Gasteiger charge is -2.06. The Balaban J connectivity index is 1.41. The molecule has 0 unspecified atom stereocenters. The molecule has 1 amide bonds. The number of fused-ring (bicyclic) bond motifs is 1. The maximum Gasteiger partial charge on any atom is 0.231 e. The van der Waals surface area contributed by atoms with E-state index in [0.29, 0.717) is 12.2 Å². The smallest absolute Gasteiger partial charge is 0.231 e. The molecule has 1 aliphatic rings. The van der Waals surface area contributed by atoms with Crippen LogP contribution in [-0.4, -0.2) is 18.5 Å². The van der Waals surface area contributed by atoms with E-state index < -0.39 is 0 Å². The van der Waals surface area contributed by atoms with Crippen molar-refractivity contribution in [2.24, 2.45) is 0 Å². The van der Waals surface area contributed by atoms with Gasteiger partial charge in [0, 0.05) is 23.1 Å². The molecule has 0 spiro atoms. The molecule has 1 aliphatic heterocycles. The molecule has 1 heterocycles. The van der Waals surface area contributed by atoms with Gasteiger partial charge in [-0.3, -0.25) is 4.79 Å². The first-order valence-corrected chi connectivity index (χ1v) is 8.17. The highest BCUT2D eigenvalue weighted by Gasteiger charge is 2.13. The van der Waals surface area contributed by atoms with Crippen molar-refractivity contribution in [2.45, 2.75) is 17.7 Å². The molecular weight excluding hydrogens is 298 g/mol. The molecular formula is C17H17NO3S. The first kappa shape index (κ1) is 14.8. The van der Waals surface area contributed by atoms with Crippen LogP contribution in [0.25, 0.3) is 0 Å². The van der Waals surface area contributed by atoms with E-state index in [4.69, 9.17) is 9.47 Å². The van der Waals surface area contributed by atoms with Crippen LogP contribution in [0.5, 0.6) is 11.5 Å². The number of rotatable bonds is 6. The van der Waals surface area contributed by atoms with Gasteiger partial charge >= 0.3 is 0 Å². The second-order valence-electron chi connectivity index (χ2n) is 4.88. The van der Waals surface area contributed by atoms with E-state index in [-0.39, 0.29) is 12.7 Å². The number of hydrogen-bond acceptors (Lipinski definition) is 4. The second-order valence-corrected chi connectivity index (χ2v) is 6.05. The Morgan fingerprint density at radius 1 is 1.09 bits per heavy atom. The van der Waals surface area contributed by atoms with Crippen LogP contribution in [0.3, 0.4) is 0 Å². The summed E-state index contributed by atoms with van der Waals surface area (Å²) in [5, 5.41) is 2.89. The average molecular weight is 315 g/mol. The molecule has 2 aromatic carbocycles. The van der Waals surface area contributed by atoms with Gasteiger partial charge in [0.2, 0.25) is 12.7 Å². The first-order valence-electron chi connectivity index (χ1n) is 7.18. The fourth-order valence-corrected chi connectivity index (χ4v) is 3.01. The number of carbonyl (C=O) groups is 1. The molecule has 1 N–H and O–H groups in total. The van der Waals surface area contributed by atoms with Crippen LogP contribution in [0.15, 0.2) is 53.4 Å². The van der Waals surface area contributed by atoms with Gasteiger partial charge in [0.25, 0.3) is 0 Å². The largest absolute Gasteiger partial charge is 0.454 e. The third-order valence-electron chi connectivity index (χ3n) is 3.22. The van der Waals surface area contributed by atoms with E-state index in [0.717, 1.165) is 23.6 Å². The van der Waals surface area contributed by atoms with Crippen molar-refractivity contribution in [3.63, 3.8) is 0 Å². The Bertz CT molecular complexity index is 646. The lowest BCUT2D eigenvalue weighted by atomic mass is 10.2. The Hall–Kier alpha value is -2.14. The monoisotopic (exact) mass is 315 g/mol. The van der Waals surface area contributed by atoms with Gasteiger partial charge in [0.1, 0.15) is 0 Å². The molecule has 3 rings (SSSR count). The maximum atomic E-state index is 11.9. The van der Waals surface area contributed by atoms with Crippen LogP contribution in [0.4, 0.5) is 5.69 Å². The molecule has 0 radical (unpaired) electrons. The van der Waals surface area contributed by atoms with Gasteiger partial charge < -0.3 is 14.8 Å². The molecule has 0 saturated heterocycles. The number of anilines is 1. The van der Waals surface area contributed by atoms with Crippen molar-refractivity contribution in [1.29, 1.82) is 0 Å². The van der Waals surface area contributed by atoms with Gasteiger partial charge in [-0.15, -0.1) is 11.8 Å². The minimum absolute atomic E-state index is 0.0209. The van der Waals surface area contributed by atoms with E-state index in [1.807, 2.05) is 30.3 Å². The molecule has 0 fully saturated rings. The van der Waals surface area contributed by atoms with Crippen LogP contribution >= 0.6 is 11.8 Å². The highest BCUT2D eigenvalue weighted by atomic mass is 32.2. The molecule has 4 nitrogen and oxygen atoms in total. The molecule has 22 heavy (non-hydrogen) atoms. The van der Waals surface area contributed by atoms with Crippen molar-refractivity contribution < 1.29 is 14.3 Å². The molecule has 0 saturated carbocycles. The number of thioether (sulfide) groups is 1. The Morgan fingerprint density at radius 2 is 1.91 bits per heavy atom. The number of amides is 1. The highest BCUT2D eigenvalue weighted by Crippen LogP contribution is 2.34. The zero-order valence-electron chi connectivity index (χ0n) is 12.1. The number of benzene rings is 2. The lowest BCUT2D eigenvalue weighted by Crippen LogP contribution is -2.11. The van der Waals surface area contributed by atoms with Gasteiger partial charge in [0.05, 0.1) is 0 Å². The lowest BCUT2D eigenvalue weighted by molar-refractivity contribution is -0.116. The third-order valence-corrected chi connectivity index (χ3v) is 4.31.